The Morgan fingerprint density at radius 3 is 2.68 bits per heavy atom. The van der Waals surface area contributed by atoms with Crippen molar-refractivity contribution in [2.24, 2.45) is 0 Å². The van der Waals surface area contributed by atoms with Crippen LogP contribution in [0, 0.1) is 0 Å². The van der Waals surface area contributed by atoms with Crippen LogP contribution in [0.25, 0.3) is 0 Å². The lowest BCUT2D eigenvalue weighted by Gasteiger charge is -2.34. The number of nitrogens with one attached hydrogen (secondary N) is 1. The van der Waals surface area contributed by atoms with Crippen LogP contribution in [-0.4, -0.2) is 28.6 Å². The third-order valence-electron chi connectivity index (χ3n) is 5.00. The molecule has 0 fully saturated rings. The molecular weight excluding hydrogens is 340 g/mol. The van der Waals surface area contributed by atoms with E-state index in [9.17, 15) is 9.59 Å². The molecule has 1 aromatic heterocycles. The number of anilines is 2. The number of carbonyl (C=O) groups is 2. The molecule has 0 unspecified atom stereocenters. The molecule has 2 aliphatic rings. The van der Waals surface area contributed by atoms with Crippen molar-refractivity contribution >= 4 is 34.9 Å². The second-order valence-corrected chi connectivity index (χ2v) is 8.03. The molecule has 0 saturated heterocycles. The van der Waals surface area contributed by atoms with Gasteiger partial charge in [0, 0.05) is 35.3 Å². The Kier molecular flexibility index (Phi) is 3.13. The molecule has 0 saturated carbocycles. The van der Waals surface area contributed by atoms with Crippen molar-refractivity contribution in [1.29, 1.82) is 0 Å². The quantitative estimate of drug-likeness (QED) is 0.787. The molecule has 130 valence electrons. The zero-order valence-corrected chi connectivity index (χ0v) is 15.3. The summed E-state index contributed by atoms with van der Waals surface area (Å²) in [5.74, 6) is 0.200. The minimum atomic E-state index is -1.12. The van der Waals surface area contributed by atoms with Gasteiger partial charge in [-0.15, -0.1) is 0 Å². The standard InChI is InChI=1S/C18H19ClN4O2/c1-17(2,3)23-15-10(9-20-23)18(8-13(24)21-15)14-11(19)6-5-7-12(14)22(4)16(18)25/h5-7,9H,8H2,1-4H3,(H,21,24)/t18-/m0/s1. The monoisotopic (exact) mass is 358 g/mol. The summed E-state index contributed by atoms with van der Waals surface area (Å²) in [7, 11) is 1.71. The van der Waals surface area contributed by atoms with Crippen molar-refractivity contribution in [2.75, 3.05) is 17.3 Å². The van der Waals surface area contributed by atoms with Gasteiger partial charge in [-0.3, -0.25) is 9.59 Å². The fourth-order valence-corrected chi connectivity index (χ4v) is 4.26. The summed E-state index contributed by atoms with van der Waals surface area (Å²) in [5, 5.41) is 7.86. The van der Waals surface area contributed by atoms with Crippen LogP contribution in [0.3, 0.4) is 0 Å². The second kappa shape index (κ2) is 4.85. The highest BCUT2D eigenvalue weighted by Crippen LogP contribution is 2.54. The molecule has 2 amide bonds. The summed E-state index contributed by atoms with van der Waals surface area (Å²) in [5.41, 5.74) is 0.668. The van der Waals surface area contributed by atoms with Gasteiger partial charge in [0.15, 0.2) is 0 Å². The van der Waals surface area contributed by atoms with Gasteiger partial charge in [0.2, 0.25) is 11.8 Å². The zero-order chi connectivity index (χ0) is 18.1. The van der Waals surface area contributed by atoms with E-state index in [2.05, 4.69) is 10.4 Å². The molecule has 7 heteroatoms. The van der Waals surface area contributed by atoms with Crippen molar-refractivity contribution in [3.63, 3.8) is 0 Å². The van der Waals surface area contributed by atoms with Gasteiger partial charge in [-0.2, -0.15) is 5.10 Å². The first-order valence-electron chi connectivity index (χ1n) is 8.14. The number of nitrogens with zero attached hydrogens (tertiary/aromatic N) is 3. The molecule has 1 spiro atoms. The van der Waals surface area contributed by atoms with Crippen molar-refractivity contribution in [3.8, 4) is 0 Å². The Labute approximate surface area is 150 Å². The molecule has 0 aliphatic carbocycles. The predicted molar refractivity (Wildman–Crippen MR) is 96.1 cm³/mol. The number of hydrogen-bond acceptors (Lipinski definition) is 3. The van der Waals surface area contributed by atoms with Gasteiger partial charge < -0.3 is 10.2 Å². The number of aromatic nitrogens is 2. The number of amides is 2. The van der Waals surface area contributed by atoms with E-state index >= 15 is 0 Å². The van der Waals surface area contributed by atoms with Crippen LogP contribution in [0.15, 0.2) is 24.4 Å². The molecule has 2 aliphatic heterocycles. The van der Waals surface area contributed by atoms with Crippen LogP contribution >= 0.6 is 11.6 Å². The van der Waals surface area contributed by atoms with E-state index in [0.29, 0.717) is 22.0 Å². The average Bonchev–Trinajstić information content (AvgIpc) is 3.03. The first-order chi connectivity index (χ1) is 11.7. The van der Waals surface area contributed by atoms with Crippen molar-refractivity contribution in [3.05, 3.63) is 40.5 Å². The topological polar surface area (TPSA) is 67.2 Å². The summed E-state index contributed by atoms with van der Waals surface area (Å²) >= 11 is 6.50. The third-order valence-corrected chi connectivity index (χ3v) is 5.31. The highest BCUT2D eigenvalue weighted by molar-refractivity contribution is 6.33. The van der Waals surface area contributed by atoms with Crippen LogP contribution in [0.1, 0.15) is 38.3 Å². The molecule has 0 radical (unpaired) electrons. The Hall–Kier alpha value is -2.34. The number of hydrogen-bond donors (Lipinski definition) is 1. The van der Waals surface area contributed by atoms with Crippen molar-refractivity contribution in [2.45, 2.75) is 38.1 Å². The van der Waals surface area contributed by atoms with Gasteiger partial charge in [0.05, 0.1) is 11.7 Å². The van der Waals surface area contributed by atoms with Crippen molar-refractivity contribution < 1.29 is 9.59 Å². The number of fused-ring (bicyclic) bond motifs is 4. The Morgan fingerprint density at radius 2 is 2.00 bits per heavy atom. The van der Waals surface area contributed by atoms with Gasteiger partial charge in [-0.1, -0.05) is 17.7 Å². The maximum Gasteiger partial charge on any atom is 0.242 e. The summed E-state index contributed by atoms with van der Waals surface area (Å²) in [6.07, 6.45) is 1.71. The molecule has 0 bridgehead atoms. The fourth-order valence-electron chi connectivity index (χ4n) is 3.93. The van der Waals surface area contributed by atoms with E-state index in [1.54, 1.807) is 28.9 Å². The van der Waals surface area contributed by atoms with E-state index in [4.69, 9.17) is 11.6 Å². The molecule has 2 aromatic rings. The average molecular weight is 359 g/mol. The van der Waals surface area contributed by atoms with Gasteiger partial charge >= 0.3 is 0 Å². The van der Waals surface area contributed by atoms with Crippen LogP contribution in [0.5, 0.6) is 0 Å². The Balaban J connectivity index is 2.07. The molecule has 1 aromatic carbocycles. The van der Waals surface area contributed by atoms with Gasteiger partial charge in [-0.05, 0) is 32.9 Å². The summed E-state index contributed by atoms with van der Waals surface area (Å²) in [6.45, 7) is 5.99. The van der Waals surface area contributed by atoms with Gasteiger partial charge in [-0.25, -0.2) is 4.68 Å². The second-order valence-electron chi connectivity index (χ2n) is 7.62. The van der Waals surface area contributed by atoms with Crippen LogP contribution in [-0.2, 0) is 20.5 Å². The van der Waals surface area contributed by atoms with Crippen LogP contribution in [0.2, 0.25) is 5.02 Å². The molecule has 25 heavy (non-hydrogen) atoms. The van der Waals surface area contributed by atoms with E-state index in [-0.39, 0.29) is 23.8 Å². The normalized spacial score (nSPS) is 22.2. The lowest BCUT2D eigenvalue weighted by atomic mass is 9.71. The highest BCUT2D eigenvalue weighted by Gasteiger charge is 2.57. The number of rotatable bonds is 0. The number of likely N-dealkylation sites (N-methyl/N-ethyl adjacent to an activating group) is 1. The molecule has 6 nitrogen and oxygen atoms in total. The van der Waals surface area contributed by atoms with Crippen LogP contribution < -0.4 is 10.2 Å². The minimum absolute atomic E-state index is 0.0236. The minimum Gasteiger partial charge on any atom is -0.314 e. The molecular formula is C18H19ClN4O2. The lowest BCUT2D eigenvalue weighted by molar-refractivity contribution is -0.126. The van der Waals surface area contributed by atoms with E-state index in [1.165, 1.54) is 0 Å². The smallest absolute Gasteiger partial charge is 0.242 e. The lowest BCUT2D eigenvalue weighted by Crippen LogP contribution is -2.46. The predicted octanol–water partition coefficient (Wildman–Crippen LogP) is 2.90. The molecule has 3 heterocycles. The van der Waals surface area contributed by atoms with E-state index in [1.807, 2.05) is 32.9 Å². The molecule has 1 atom stereocenters. The maximum atomic E-state index is 13.3. The van der Waals surface area contributed by atoms with Gasteiger partial charge in [0.1, 0.15) is 11.2 Å². The zero-order valence-electron chi connectivity index (χ0n) is 14.6. The SMILES string of the molecule is CN1C(=O)[C@]2(CC(=O)Nc3c2cnn3C(C)(C)C)c2c(Cl)cccc21. The van der Waals surface area contributed by atoms with Crippen LogP contribution in [0.4, 0.5) is 11.5 Å². The molecule has 1 N–H and O–H groups in total. The fraction of sp³-hybridized carbons (Fsp3) is 0.389. The first-order valence-corrected chi connectivity index (χ1v) is 8.51. The maximum absolute atomic E-state index is 13.3. The Morgan fingerprint density at radius 1 is 1.28 bits per heavy atom. The van der Waals surface area contributed by atoms with E-state index in [0.717, 1.165) is 5.69 Å². The first kappa shape index (κ1) is 16.1. The largest absolute Gasteiger partial charge is 0.314 e. The van der Waals surface area contributed by atoms with Gasteiger partial charge in [0.25, 0.3) is 0 Å². The highest BCUT2D eigenvalue weighted by atomic mass is 35.5. The third kappa shape index (κ3) is 1.94. The number of benzene rings is 1. The molecule has 4 rings (SSSR count). The van der Waals surface area contributed by atoms with Crippen molar-refractivity contribution in [1.82, 2.24) is 9.78 Å². The summed E-state index contributed by atoms with van der Waals surface area (Å²) in [4.78, 5) is 27.5. The Bertz CT molecular complexity index is 928. The summed E-state index contributed by atoms with van der Waals surface area (Å²) in [6, 6.07) is 5.43. The number of carbonyl (C=O) groups excluding carboxylic acids is 2. The van der Waals surface area contributed by atoms with E-state index < -0.39 is 5.41 Å². The summed E-state index contributed by atoms with van der Waals surface area (Å²) < 4.78 is 1.75. The number of halogens is 1.